The number of nitrogens with two attached hydrogens (primary N) is 1. The number of hydrogen-bond acceptors (Lipinski definition) is 3. The quantitative estimate of drug-likeness (QED) is 0.721. The Balaban J connectivity index is 4.17. The third kappa shape index (κ3) is 6.23. The molecule has 0 saturated heterocycles. The Kier molecular flexibility index (Phi) is 5.22. The summed E-state index contributed by atoms with van der Waals surface area (Å²) in [5.74, 6) is -2.07. The number of carbonyl (C=O) groups is 2. The van der Waals surface area contributed by atoms with Gasteiger partial charge in [-0.2, -0.15) is 13.2 Å². The second-order valence-electron chi connectivity index (χ2n) is 3.35. The highest BCUT2D eigenvalue weighted by atomic mass is 19.4. The zero-order valence-electron chi connectivity index (χ0n) is 8.62. The lowest BCUT2D eigenvalue weighted by Gasteiger charge is -2.22. The average Bonchev–Trinajstić information content (AvgIpc) is 2.10. The molecule has 0 bridgehead atoms. The van der Waals surface area contributed by atoms with E-state index in [1.165, 1.54) is 0 Å². The monoisotopic (exact) mass is 242 g/mol. The Morgan fingerprint density at radius 2 is 1.94 bits per heavy atom. The van der Waals surface area contributed by atoms with Crippen LogP contribution in [0.1, 0.15) is 12.8 Å². The van der Waals surface area contributed by atoms with Crippen molar-refractivity contribution in [3.8, 4) is 0 Å². The highest BCUT2D eigenvalue weighted by molar-refractivity contribution is 5.82. The van der Waals surface area contributed by atoms with Gasteiger partial charge in [0.2, 0.25) is 5.91 Å². The van der Waals surface area contributed by atoms with Gasteiger partial charge in [-0.25, -0.2) is 0 Å². The lowest BCUT2D eigenvalue weighted by atomic mass is 10.1. The topological polar surface area (TPSA) is 83.6 Å². The molecule has 0 aliphatic heterocycles. The Hall–Kier alpha value is -1.31. The van der Waals surface area contributed by atoms with Gasteiger partial charge in [-0.05, 0) is 6.42 Å². The van der Waals surface area contributed by atoms with Crippen LogP contribution in [0.4, 0.5) is 13.2 Å². The number of nitrogens with zero attached hydrogens (tertiary/aromatic N) is 1. The normalized spacial score (nSPS) is 13.3. The number of carboxylic acid groups (broad SMARTS) is 1. The molecule has 0 aliphatic carbocycles. The number of carbonyl (C=O) groups excluding carboxylic acids is 1. The molecule has 1 unspecified atom stereocenters. The van der Waals surface area contributed by atoms with E-state index in [4.69, 9.17) is 10.8 Å². The number of amides is 1. The lowest BCUT2D eigenvalue weighted by Crippen LogP contribution is -2.45. The predicted octanol–water partition coefficient (Wildman–Crippen LogP) is 0.199. The molecule has 0 heterocycles. The van der Waals surface area contributed by atoms with Crippen molar-refractivity contribution < 1.29 is 27.9 Å². The van der Waals surface area contributed by atoms with Crippen LogP contribution in [0.5, 0.6) is 0 Å². The van der Waals surface area contributed by atoms with Gasteiger partial charge in [0.25, 0.3) is 0 Å². The van der Waals surface area contributed by atoms with Crippen LogP contribution in [0.25, 0.3) is 0 Å². The molecule has 5 nitrogen and oxygen atoms in total. The molecule has 0 fully saturated rings. The van der Waals surface area contributed by atoms with Crippen molar-refractivity contribution in [3.63, 3.8) is 0 Å². The molecule has 0 saturated carbocycles. The van der Waals surface area contributed by atoms with Crippen LogP contribution in [0.3, 0.4) is 0 Å². The van der Waals surface area contributed by atoms with Crippen molar-refractivity contribution >= 4 is 11.9 Å². The van der Waals surface area contributed by atoms with Crippen LogP contribution in [-0.4, -0.2) is 47.7 Å². The number of likely N-dealkylation sites (N-methyl/N-ethyl adjacent to an activating group) is 1. The molecule has 0 spiro atoms. The van der Waals surface area contributed by atoms with Crippen molar-refractivity contribution in [2.24, 2.45) is 5.73 Å². The number of carboxylic acids is 1. The summed E-state index contributed by atoms with van der Waals surface area (Å²) in [4.78, 5) is 21.8. The maximum absolute atomic E-state index is 11.9. The zero-order chi connectivity index (χ0) is 12.9. The Labute approximate surface area is 90.0 Å². The minimum Gasteiger partial charge on any atom is -0.481 e. The molecule has 3 N–H and O–H groups in total. The molecule has 0 radical (unpaired) electrons. The summed E-state index contributed by atoms with van der Waals surface area (Å²) < 4.78 is 35.7. The molecule has 1 amide bonds. The smallest absolute Gasteiger partial charge is 0.406 e. The van der Waals surface area contributed by atoms with Gasteiger partial charge in [0.15, 0.2) is 0 Å². The Morgan fingerprint density at radius 3 is 2.31 bits per heavy atom. The summed E-state index contributed by atoms with van der Waals surface area (Å²) in [5, 5.41) is 8.31. The summed E-state index contributed by atoms with van der Waals surface area (Å²) in [6.45, 7) is -1.40. The van der Waals surface area contributed by atoms with Crippen molar-refractivity contribution in [1.82, 2.24) is 4.90 Å². The highest BCUT2D eigenvalue weighted by Gasteiger charge is 2.32. The average molecular weight is 242 g/mol. The van der Waals surface area contributed by atoms with E-state index in [0.717, 1.165) is 7.05 Å². The van der Waals surface area contributed by atoms with Crippen LogP contribution in [0.15, 0.2) is 0 Å². The summed E-state index contributed by atoms with van der Waals surface area (Å²) in [6.07, 6.45) is -5.03. The maximum Gasteiger partial charge on any atom is 0.406 e. The van der Waals surface area contributed by atoms with Crippen LogP contribution in [0, 0.1) is 0 Å². The number of halogens is 3. The first-order valence-electron chi connectivity index (χ1n) is 4.42. The maximum atomic E-state index is 11.9. The molecule has 16 heavy (non-hydrogen) atoms. The fourth-order valence-corrected chi connectivity index (χ4v) is 1.03. The number of rotatable bonds is 5. The largest absolute Gasteiger partial charge is 0.481 e. The molecular weight excluding hydrogens is 229 g/mol. The molecule has 94 valence electrons. The first-order chi connectivity index (χ1) is 7.13. The zero-order valence-corrected chi connectivity index (χ0v) is 8.62. The molecule has 0 aliphatic rings. The predicted molar refractivity (Wildman–Crippen MR) is 48.5 cm³/mol. The third-order valence-electron chi connectivity index (χ3n) is 1.78. The van der Waals surface area contributed by atoms with E-state index >= 15 is 0 Å². The number of aliphatic carboxylic acids is 1. The second kappa shape index (κ2) is 5.69. The van der Waals surface area contributed by atoms with Crippen LogP contribution < -0.4 is 5.73 Å². The minimum absolute atomic E-state index is 0.184. The van der Waals surface area contributed by atoms with Gasteiger partial charge >= 0.3 is 12.1 Å². The van der Waals surface area contributed by atoms with Crippen LogP contribution in [0.2, 0.25) is 0 Å². The second-order valence-corrected chi connectivity index (χ2v) is 3.35. The van der Waals surface area contributed by atoms with E-state index < -0.39 is 30.6 Å². The van der Waals surface area contributed by atoms with Gasteiger partial charge in [0, 0.05) is 13.5 Å². The van der Waals surface area contributed by atoms with Gasteiger partial charge in [-0.3, -0.25) is 9.59 Å². The van der Waals surface area contributed by atoms with Gasteiger partial charge in [-0.1, -0.05) is 0 Å². The molecule has 0 aromatic carbocycles. The summed E-state index contributed by atoms with van der Waals surface area (Å²) in [7, 11) is 0.969. The van der Waals surface area contributed by atoms with E-state index in [9.17, 15) is 22.8 Å². The SMILES string of the molecule is CN(CC(F)(F)F)C(=O)C(N)CCC(=O)O. The number of hydrogen-bond donors (Lipinski definition) is 2. The molecule has 1 atom stereocenters. The molecule has 0 aromatic rings. The minimum atomic E-state index is -4.49. The fraction of sp³-hybridized carbons (Fsp3) is 0.750. The highest BCUT2D eigenvalue weighted by Crippen LogP contribution is 2.16. The summed E-state index contributed by atoms with van der Waals surface area (Å²) in [5.41, 5.74) is 5.26. The Morgan fingerprint density at radius 1 is 1.44 bits per heavy atom. The third-order valence-corrected chi connectivity index (χ3v) is 1.78. The number of alkyl halides is 3. The van der Waals surface area contributed by atoms with Gasteiger partial charge < -0.3 is 15.7 Å². The molecular formula is C8H13F3N2O3. The summed E-state index contributed by atoms with van der Waals surface area (Å²) >= 11 is 0. The van der Waals surface area contributed by atoms with E-state index in [1.54, 1.807) is 0 Å². The van der Waals surface area contributed by atoms with Gasteiger partial charge in [0.05, 0.1) is 6.04 Å². The molecule has 0 aromatic heterocycles. The van der Waals surface area contributed by atoms with E-state index in [0.29, 0.717) is 4.90 Å². The summed E-state index contributed by atoms with van der Waals surface area (Å²) in [6, 6.07) is -1.22. The fourth-order valence-electron chi connectivity index (χ4n) is 1.03. The Bertz CT molecular complexity index is 268. The first kappa shape index (κ1) is 14.7. The van der Waals surface area contributed by atoms with Gasteiger partial charge in [-0.15, -0.1) is 0 Å². The van der Waals surface area contributed by atoms with Crippen LogP contribution in [-0.2, 0) is 9.59 Å². The van der Waals surface area contributed by atoms with Crippen molar-refractivity contribution in [1.29, 1.82) is 0 Å². The standard InChI is InChI=1S/C8H13F3N2O3/c1-13(4-8(9,10)11)7(16)5(12)2-3-6(14)15/h5H,2-4,12H2,1H3,(H,14,15). The van der Waals surface area contributed by atoms with Gasteiger partial charge in [0.1, 0.15) is 6.54 Å². The molecule has 0 rings (SSSR count). The van der Waals surface area contributed by atoms with Crippen LogP contribution >= 0.6 is 0 Å². The van der Waals surface area contributed by atoms with E-state index in [-0.39, 0.29) is 12.8 Å². The lowest BCUT2D eigenvalue weighted by molar-refractivity contribution is -0.159. The van der Waals surface area contributed by atoms with E-state index in [1.807, 2.05) is 0 Å². The van der Waals surface area contributed by atoms with Crippen molar-refractivity contribution in [2.75, 3.05) is 13.6 Å². The van der Waals surface area contributed by atoms with Crippen molar-refractivity contribution in [3.05, 3.63) is 0 Å². The van der Waals surface area contributed by atoms with Crippen molar-refractivity contribution in [2.45, 2.75) is 25.1 Å². The molecule has 8 heteroatoms. The first-order valence-corrected chi connectivity index (χ1v) is 4.42. The van der Waals surface area contributed by atoms with E-state index in [2.05, 4.69) is 0 Å².